The van der Waals surface area contributed by atoms with E-state index >= 15 is 0 Å². The fraction of sp³-hybridized carbons (Fsp3) is 0.216. The molecule has 6 rings (SSSR count). The topological polar surface area (TPSA) is 63.8 Å². The van der Waals surface area contributed by atoms with Crippen LogP contribution in [0, 0.1) is 0 Å². The van der Waals surface area contributed by atoms with Crippen molar-refractivity contribution < 1.29 is 5.11 Å². The molecule has 0 spiro atoms. The van der Waals surface area contributed by atoms with Crippen LogP contribution in [0.1, 0.15) is 26.3 Å². The minimum atomic E-state index is -1.66. The van der Waals surface area contributed by atoms with Gasteiger partial charge in [-0.25, -0.2) is 4.98 Å². The van der Waals surface area contributed by atoms with Crippen LogP contribution in [0.5, 0.6) is 5.75 Å². The van der Waals surface area contributed by atoms with Gasteiger partial charge in [0.1, 0.15) is 17.1 Å². The Labute approximate surface area is 255 Å². The van der Waals surface area contributed by atoms with Crippen LogP contribution < -0.4 is 5.19 Å². The van der Waals surface area contributed by atoms with Crippen molar-refractivity contribution in [3.05, 3.63) is 103 Å². The maximum absolute atomic E-state index is 10.6. The van der Waals surface area contributed by atoms with Gasteiger partial charge in [-0.2, -0.15) is 0 Å². The maximum Gasteiger partial charge on any atom is 0.144 e. The summed E-state index contributed by atoms with van der Waals surface area (Å²) in [5.74, 6) is 0.903. The minimum Gasteiger partial charge on any atom is -0.507 e. The Morgan fingerprint density at radius 2 is 1.44 bits per heavy atom. The van der Waals surface area contributed by atoms with Crippen molar-refractivity contribution in [1.82, 2.24) is 19.5 Å². The Balaban J connectivity index is 1.57. The van der Waals surface area contributed by atoms with Crippen LogP contribution in [0.3, 0.4) is 0 Å². The van der Waals surface area contributed by atoms with Gasteiger partial charge in [-0.1, -0.05) is 82.9 Å². The maximum atomic E-state index is 10.6. The first-order valence-corrected chi connectivity index (χ1v) is 18.2. The Bertz CT molecular complexity index is 1960. The van der Waals surface area contributed by atoms with Crippen LogP contribution >= 0.6 is 0 Å². The number of aryl methyl sites for hydroxylation is 1. The highest BCUT2D eigenvalue weighted by Crippen LogP contribution is 2.37. The summed E-state index contributed by atoms with van der Waals surface area (Å²) in [5.41, 5.74) is 9.82. The van der Waals surface area contributed by atoms with Crippen molar-refractivity contribution >= 4 is 24.3 Å². The number of pyridine rings is 2. The molecule has 0 radical (unpaired) electrons. The zero-order valence-electron chi connectivity index (χ0n) is 26.0. The molecule has 0 fully saturated rings. The van der Waals surface area contributed by atoms with Gasteiger partial charge >= 0.3 is 0 Å². The predicted molar refractivity (Wildman–Crippen MR) is 181 cm³/mol. The second kappa shape index (κ2) is 10.6. The summed E-state index contributed by atoms with van der Waals surface area (Å²) in [6.07, 6.45) is 3.94. The summed E-state index contributed by atoms with van der Waals surface area (Å²) < 4.78 is 2.02. The highest BCUT2D eigenvalue weighted by Gasteiger charge is 2.24. The highest BCUT2D eigenvalue weighted by molar-refractivity contribution is 6.89. The van der Waals surface area contributed by atoms with Gasteiger partial charge in [-0.05, 0) is 69.8 Å². The number of fused-ring (bicyclic) bond motifs is 1. The fourth-order valence-corrected chi connectivity index (χ4v) is 7.12. The first-order valence-electron chi connectivity index (χ1n) is 14.7. The predicted octanol–water partition coefficient (Wildman–Crippen LogP) is 8.58. The molecule has 6 heteroatoms. The number of phenols is 1. The molecule has 0 bridgehead atoms. The van der Waals surface area contributed by atoms with Gasteiger partial charge in [0, 0.05) is 30.6 Å². The van der Waals surface area contributed by atoms with Crippen molar-refractivity contribution in [3.63, 3.8) is 0 Å². The molecule has 3 aromatic carbocycles. The molecule has 0 amide bonds. The number of imidazole rings is 1. The van der Waals surface area contributed by atoms with E-state index in [-0.39, 0.29) is 11.2 Å². The van der Waals surface area contributed by atoms with E-state index < -0.39 is 8.07 Å². The molecule has 3 heterocycles. The lowest BCUT2D eigenvalue weighted by molar-refractivity contribution is 0.476. The molecule has 6 aromatic rings. The zero-order chi connectivity index (χ0) is 30.5. The van der Waals surface area contributed by atoms with Gasteiger partial charge in [-0.3, -0.25) is 9.97 Å². The van der Waals surface area contributed by atoms with E-state index in [2.05, 4.69) is 101 Å². The van der Waals surface area contributed by atoms with Crippen LogP contribution in [0.15, 0.2) is 97.3 Å². The van der Waals surface area contributed by atoms with Gasteiger partial charge in [0.15, 0.2) is 0 Å². The molecule has 0 aliphatic heterocycles. The SMILES string of the molecule is Cn1c(-c2ccccc2O)nc2c(-c3cc(-c4cc(-c5ccccc5)c([Si](C)(C)C)cn4)cc(C(C)(C)C)c3)nccc21. The summed E-state index contributed by atoms with van der Waals surface area (Å²) in [7, 11) is 0.324. The van der Waals surface area contributed by atoms with Crippen LogP contribution in [0.25, 0.3) is 56.1 Å². The Morgan fingerprint density at radius 1 is 0.744 bits per heavy atom. The number of hydrogen-bond acceptors (Lipinski definition) is 4. The number of aromatic nitrogens is 4. The van der Waals surface area contributed by atoms with Crippen LogP contribution in [0.4, 0.5) is 0 Å². The number of aromatic hydroxyl groups is 1. The monoisotopic (exact) mass is 582 g/mol. The van der Waals surface area contributed by atoms with Crippen molar-refractivity contribution in [2.45, 2.75) is 45.8 Å². The zero-order valence-corrected chi connectivity index (χ0v) is 27.0. The second-order valence-corrected chi connectivity index (χ2v) is 18.4. The molecule has 216 valence electrons. The first kappa shape index (κ1) is 28.6. The molecule has 1 N–H and O–H groups in total. The molecule has 0 unspecified atom stereocenters. The number of nitrogens with zero attached hydrogens (tertiary/aromatic N) is 4. The van der Waals surface area contributed by atoms with E-state index in [4.69, 9.17) is 15.0 Å². The average molecular weight is 583 g/mol. The fourth-order valence-electron chi connectivity index (χ4n) is 5.65. The third-order valence-electron chi connectivity index (χ3n) is 8.11. The highest BCUT2D eigenvalue weighted by atomic mass is 28.3. The molecular weight excluding hydrogens is 545 g/mol. The van der Waals surface area contributed by atoms with Gasteiger partial charge < -0.3 is 9.67 Å². The van der Waals surface area contributed by atoms with Crippen molar-refractivity contribution in [1.29, 1.82) is 0 Å². The summed E-state index contributed by atoms with van der Waals surface area (Å²) >= 11 is 0. The Kier molecular flexibility index (Phi) is 7.05. The van der Waals surface area contributed by atoms with Crippen molar-refractivity contribution in [2.75, 3.05) is 0 Å². The quantitative estimate of drug-likeness (QED) is 0.207. The van der Waals surface area contributed by atoms with Crippen LogP contribution in [-0.2, 0) is 12.5 Å². The van der Waals surface area contributed by atoms with E-state index in [9.17, 15) is 5.11 Å². The third kappa shape index (κ3) is 5.39. The Morgan fingerprint density at radius 3 is 2.14 bits per heavy atom. The molecule has 43 heavy (non-hydrogen) atoms. The van der Waals surface area contributed by atoms with Crippen molar-refractivity contribution in [3.8, 4) is 50.8 Å². The lowest BCUT2D eigenvalue weighted by Gasteiger charge is -2.23. The largest absolute Gasteiger partial charge is 0.507 e. The van der Waals surface area contributed by atoms with E-state index in [1.807, 2.05) is 42.1 Å². The summed E-state index contributed by atoms with van der Waals surface area (Å²) in [4.78, 5) is 15.0. The Hall–Kier alpha value is -4.55. The molecule has 0 aliphatic carbocycles. The number of rotatable bonds is 5. The third-order valence-corrected chi connectivity index (χ3v) is 10.1. The number of hydrogen-bond donors (Lipinski definition) is 1. The van der Waals surface area contributed by atoms with E-state index in [0.29, 0.717) is 11.4 Å². The number of phenolic OH excluding ortho intramolecular Hbond substituents is 1. The number of para-hydroxylation sites is 1. The standard InChI is InChI=1S/C37H38N4OSi/c1-37(2,3)27-20-25(30-22-29(24-13-9-8-10-14-24)33(23-39-30)43(5,6)7)19-26(21-27)34-35-31(17-18-38-34)41(4)36(40-35)28-15-11-12-16-32(28)42/h8-23,42H,1-7H3. The first-order chi connectivity index (χ1) is 20.4. The lowest BCUT2D eigenvalue weighted by Crippen LogP contribution is -2.39. The van der Waals surface area contributed by atoms with Gasteiger partial charge in [0.05, 0.1) is 30.5 Å². The molecule has 5 nitrogen and oxygen atoms in total. The lowest BCUT2D eigenvalue weighted by atomic mass is 9.84. The molecule has 3 aromatic heterocycles. The van der Waals surface area contributed by atoms with E-state index in [1.54, 1.807) is 6.07 Å². The van der Waals surface area contributed by atoms with Gasteiger partial charge in [0.25, 0.3) is 0 Å². The summed E-state index contributed by atoms with van der Waals surface area (Å²) in [6.45, 7) is 13.8. The summed E-state index contributed by atoms with van der Waals surface area (Å²) in [6, 6.07) is 28.9. The van der Waals surface area contributed by atoms with Gasteiger partial charge in [0.2, 0.25) is 0 Å². The van der Waals surface area contributed by atoms with Crippen LogP contribution in [0.2, 0.25) is 19.6 Å². The normalized spacial score (nSPS) is 12.2. The second-order valence-electron chi connectivity index (χ2n) is 13.3. The number of benzene rings is 3. The summed E-state index contributed by atoms with van der Waals surface area (Å²) in [5, 5.41) is 11.9. The average Bonchev–Trinajstić information content (AvgIpc) is 3.32. The smallest absolute Gasteiger partial charge is 0.144 e. The molecule has 0 saturated carbocycles. The van der Waals surface area contributed by atoms with Gasteiger partial charge in [-0.15, -0.1) is 0 Å². The van der Waals surface area contributed by atoms with Crippen LogP contribution in [-0.4, -0.2) is 32.7 Å². The molecular formula is C37H38N4OSi. The molecule has 0 saturated heterocycles. The van der Waals surface area contributed by atoms with E-state index in [1.165, 1.54) is 21.9 Å². The minimum absolute atomic E-state index is 0.0930. The molecule has 0 aliphatic rings. The van der Waals surface area contributed by atoms with Crippen molar-refractivity contribution in [2.24, 2.45) is 7.05 Å². The molecule has 0 atom stereocenters. The van der Waals surface area contributed by atoms with E-state index in [0.717, 1.165) is 33.5 Å².